The fraction of sp³-hybridized carbons (Fsp3) is 0.455. The average Bonchev–Trinajstić information content (AvgIpc) is 3.16. The maximum atomic E-state index is 11.6. The highest BCUT2D eigenvalue weighted by Gasteiger charge is 2.34. The van der Waals surface area contributed by atoms with Crippen LogP contribution in [0.2, 0.25) is 0 Å². The van der Waals surface area contributed by atoms with Crippen LogP contribution in [0.4, 0.5) is 0 Å². The summed E-state index contributed by atoms with van der Waals surface area (Å²) in [6.45, 7) is 7.50. The number of hydrogen-bond donors (Lipinski definition) is 0. The van der Waals surface area contributed by atoms with Gasteiger partial charge in [0.05, 0.1) is 25.9 Å². The Morgan fingerprint density at radius 1 is 1.13 bits per heavy atom. The van der Waals surface area contributed by atoms with E-state index in [9.17, 15) is 4.79 Å². The van der Waals surface area contributed by atoms with E-state index in [1.54, 1.807) is 25.5 Å². The highest BCUT2D eigenvalue weighted by Crippen LogP contribution is 2.41. The first-order valence-corrected chi connectivity index (χ1v) is 9.68. The van der Waals surface area contributed by atoms with Crippen LogP contribution in [0.25, 0.3) is 22.0 Å². The van der Waals surface area contributed by atoms with Gasteiger partial charge in [0.1, 0.15) is 23.5 Å². The van der Waals surface area contributed by atoms with Crippen molar-refractivity contribution in [1.29, 1.82) is 0 Å². The van der Waals surface area contributed by atoms with Crippen molar-refractivity contribution in [2.24, 2.45) is 0 Å². The molecule has 0 aliphatic rings. The van der Waals surface area contributed by atoms with Crippen LogP contribution in [0.15, 0.2) is 28.9 Å². The molecule has 0 N–H and O–H groups in total. The number of pyridine rings is 1. The van der Waals surface area contributed by atoms with E-state index < -0.39 is 17.7 Å². The van der Waals surface area contributed by atoms with Gasteiger partial charge >= 0.3 is 5.97 Å². The molecule has 2 heterocycles. The Bertz CT molecular complexity index is 1040. The Labute approximate surface area is 175 Å². The maximum absolute atomic E-state index is 11.6. The molecule has 0 aliphatic heterocycles. The van der Waals surface area contributed by atoms with Crippen molar-refractivity contribution in [1.82, 2.24) is 4.98 Å². The van der Waals surface area contributed by atoms with Crippen molar-refractivity contribution >= 4 is 28.0 Å². The number of nitrogens with zero attached hydrogens (tertiary/aromatic N) is 1. The normalized spacial score (nSPS) is 12.7. The standard InChI is InChI=1S/C22H27NO7/c1-7-29-22(3,4)17(30-13(2)24)12-28-16-9-8-14-18(20(16)26-6)23-21-15(10-11-27-21)19(14)25-5/h8-11,17H,7,12H2,1-6H3. The van der Waals surface area contributed by atoms with Gasteiger partial charge in [-0.1, -0.05) is 0 Å². The van der Waals surface area contributed by atoms with Crippen molar-refractivity contribution in [2.75, 3.05) is 27.4 Å². The van der Waals surface area contributed by atoms with Gasteiger partial charge in [-0.15, -0.1) is 0 Å². The molecule has 1 unspecified atom stereocenters. The quantitative estimate of drug-likeness (QED) is 0.480. The van der Waals surface area contributed by atoms with Crippen LogP contribution in [0.3, 0.4) is 0 Å². The molecule has 0 amide bonds. The number of carbonyl (C=O) groups excluding carboxylic acids is 1. The van der Waals surface area contributed by atoms with Crippen molar-refractivity contribution in [3.63, 3.8) is 0 Å². The summed E-state index contributed by atoms with van der Waals surface area (Å²) in [6.07, 6.45) is 0.938. The summed E-state index contributed by atoms with van der Waals surface area (Å²) in [4.78, 5) is 16.2. The molecule has 1 atom stereocenters. The first-order chi connectivity index (χ1) is 14.3. The van der Waals surface area contributed by atoms with Crippen LogP contribution in [0.1, 0.15) is 27.7 Å². The predicted octanol–water partition coefficient (Wildman–Crippen LogP) is 4.12. The van der Waals surface area contributed by atoms with Crippen LogP contribution in [0.5, 0.6) is 17.2 Å². The number of esters is 1. The minimum absolute atomic E-state index is 0.0780. The van der Waals surface area contributed by atoms with Crippen molar-refractivity contribution in [2.45, 2.75) is 39.4 Å². The summed E-state index contributed by atoms with van der Waals surface area (Å²) in [5.74, 6) is 1.12. The van der Waals surface area contributed by atoms with E-state index in [4.69, 9.17) is 28.1 Å². The monoisotopic (exact) mass is 417 g/mol. The van der Waals surface area contributed by atoms with Gasteiger partial charge in [0.25, 0.3) is 0 Å². The largest absolute Gasteiger partial charge is 0.495 e. The third-order valence-electron chi connectivity index (χ3n) is 4.84. The summed E-state index contributed by atoms with van der Waals surface area (Å²) in [5.41, 5.74) is 0.249. The molecule has 0 fully saturated rings. The van der Waals surface area contributed by atoms with Crippen LogP contribution < -0.4 is 14.2 Å². The summed E-state index contributed by atoms with van der Waals surface area (Å²) >= 11 is 0. The SMILES string of the molecule is CCOC(C)(C)C(COc1ccc2c(OC)c3ccoc3nc2c1OC)OC(C)=O. The van der Waals surface area contributed by atoms with E-state index in [-0.39, 0.29) is 6.61 Å². The molecule has 8 heteroatoms. The van der Waals surface area contributed by atoms with Gasteiger partial charge < -0.3 is 28.1 Å². The third-order valence-corrected chi connectivity index (χ3v) is 4.84. The first kappa shape index (κ1) is 21.7. The van der Waals surface area contributed by atoms with Crippen LogP contribution in [-0.2, 0) is 14.3 Å². The molecular formula is C22H27NO7. The van der Waals surface area contributed by atoms with Gasteiger partial charge in [-0.05, 0) is 39.0 Å². The van der Waals surface area contributed by atoms with Gasteiger partial charge in [-0.25, -0.2) is 4.98 Å². The lowest BCUT2D eigenvalue weighted by Gasteiger charge is -2.33. The number of benzene rings is 1. The zero-order valence-electron chi connectivity index (χ0n) is 18.1. The molecule has 2 aromatic heterocycles. The molecule has 0 saturated carbocycles. The third kappa shape index (κ3) is 4.14. The molecule has 162 valence electrons. The Balaban J connectivity index is 1.99. The van der Waals surface area contributed by atoms with E-state index in [1.165, 1.54) is 14.0 Å². The van der Waals surface area contributed by atoms with E-state index >= 15 is 0 Å². The molecule has 3 rings (SSSR count). The van der Waals surface area contributed by atoms with Gasteiger partial charge in [-0.2, -0.15) is 0 Å². The Kier molecular flexibility index (Phi) is 6.36. The topological polar surface area (TPSA) is 89.2 Å². The lowest BCUT2D eigenvalue weighted by Crippen LogP contribution is -2.45. The summed E-state index contributed by atoms with van der Waals surface area (Å²) in [6, 6.07) is 5.42. The minimum Gasteiger partial charge on any atom is -0.495 e. The van der Waals surface area contributed by atoms with Gasteiger partial charge in [-0.3, -0.25) is 4.79 Å². The lowest BCUT2D eigenvalue weighted by molar-refractivity contribution is -0.170. The number of furan rings is 1. The average molecular weight is 417 g/mol. The Hall–Kier alpha value is -3.00. The molecule has 0 aliphatic carbocycles. The van der Waals surface area contributed by atoms with Crippen LogP contribution in [0, 0.1) is 0 Å². The zero-order valence-corrected chi connectivity index (χ0v) is 18.1. The Morgan fingerprint density at radius 2 is 1.87 bits per heavy atom. The number of aromatic nitrogens is 1. The molecule has 3 aromatic rings. The molecule has 8 nitrogen and oxygen atoms in total. The molecule has 0 saturated heterocycles. The number of methoxy groups -OCH3 is 2. The fourth-order valence-electron chi connectivity index (χ4n) is 3.39. The van der Waals surface area contributed by atoms with Gasteiger partial charge in [0.15, 0.2) is 17.6 Å². The fourth-order valence-corrected chi connectivity index (χ4v) is 3.39. The number of hydrogen-bond acceptors (Lipinski definition) is 8. The van der Waals surface area contributed by atoms with Crippen LogP contribution >= 0.6 is 0 Å². The molecule has 0 bridgehead atoms. The number of fused-ring (bicyclic) bond motifs is 2. The second kappa shape index (κ2) is 8.79. The van der Waals surface area contributed by atoms with Crippen molar-refractivity contribution in [3.8, 4) is 17.2 Å². The molecule has 30 heavy (non-hydrogen) atoms. The Morgan fingerprint density at radius 3 is 2.50 bits per heavy atom. The lowest BCUT2D eigenvalue weighted by atomic mass is 10.0. The first-order valence-electron chi connectivity index (χ1n) is 9.68. The summed E-state index contributed by atoms with van der Waals surface area (Å²) in [5, 5.41) is 1.54. The molecular weight excluding hydrogens is 390 g/mol. The number of carbonyl (C=O) groups is 1. The second-order valence-electron chi connectivity index (χ2n) is 7.22. The summed E-state index contributed by atoms with van der Waals surface area (Å²) in [7, 11) is 3.13. The predicted molar refractivity (Wildman–Crippen MR) is 111 cm³/mol. The van der Waals surface area contributed by atoms with Crippen molar-refractivity contribution < 1.29 is 32.9 Å². The molecule has 0 radical (unpaired) electrons. The van der Waals surface area contributed by atoms with E-state index in [0.29, 0.717) is 35.1 Å². The summed E-state index contributed by atoms with van der Waals surface area (Å²) < 4.78 is 33.9. The van der Waals surface area contributed by atoms with Gasteiger partial charge in [0.2, 0.25) is 5.71 Å². The minimum atomic E-state index is -0.730. The van der Waals surface area contributed by atoms with Gasteiger partial charge in [0, 0.05) is 18.9 Å². The highest BCUT2D eigenvalue weighted by atomic mass is 16.6. The highest BCUT2D eigenvalue weighted by molar-refractivity contribution is 6.02. The smallest absolute Gasteiger partial charge is 0.303 e. The van der Waals surface area contributed by atoms with Crippen LogP contribution in [-0.4, -0.2) is 50.1 Å². The van der Waals surface area contributed by atoms with E-state index in [0.717, 1.165) is 10.8 Å². The van der Waals surface area contributed by atoms with E-state index in [1.807, 2.05) is 26.8 Å². The zero-order chi connectivity index (χ0) is 21.9. The number of ether oxygens (including phenoxy) is 5. The molecule has 1 aromatic carbocycles. The second-order valence-corrected chi connectivity index (χ2v) is 7.22. The molecule has 0 spiro atoms. The van der Waals surface area contributed by atoms with Crippen molar-refractivity contribution in [3.05, 3.63) is 24.5 Å². The van der Waals surface area contributed by atoms with E-state index in [2.05, 4.69) is 4.98 Å². The number of rotatable bonds is 9. The maximum Gasteiger partial charge on any atom is 0.303 e.